The van der Waals surface area contributed by atoms with Gasteiger partial charge in [-0.1, -0.05) is 31.2 Å². The second kappa shape index (κ2) is 12.3. The molecule has 3 atom stereocenters. The zero-order valence-electron chi connectivity index (χ0n) is 20.1. The molecule has 3 rings (SSSR count). The average molecular weight is 467 g/mol. The molecule has 1 aliphatic rings. The topological polar surface area (TPSA) is 88.1 Å². The minimum Gasteiger partial charge on any atom is -0.497 e. The monoisotopic (exact) mass is 466 g/mol. The van der Waals surface area contributed by atoms with Crippen LogP contribution in [0.15, 0.2) is 60.7 Å². The maximum absolute atomic E-state index is 12.5. The summed E-state index contributed by atoms with van der Waals surface area (Å²) in [5.74, 6) is 0.598. The Morgan fingerprint density at radius 3 is 2.47 bits per heavy atom. The first kappa shape index (κ1) is 25.5. The number of aliphatic hydroxyl groups excluding tert-OH is 1. The maximum atomic E-state index is 12.5. The van der Waals surface area contributed by atoms with E-state index in [1.54, 1.807) is 43.4 Å². The predicted octanol–water partition coefficient (Wildman–Crippen LogP) is 4.20. The molecule has 7 nitrogen and oxygen atoms in total. The molecule has 0 unspecified atom stereocenters. The first-order chi connectivity index (χ1) is 16.5. The van der Waals surface area contributed by atoms with Crippen molar-refractivity contribution in [3.8, 4) is 5.75 Å². The van der Waals surface area contributed by atoms with E-state index in [0.717, 1.165) is 24.9 Å². The van der Waals surface area contributed by atoms with Crippen molar-refractivity contribution >= 4 is 17.5 Å². The third-order valence-electron chi connectivity index (χ3n) is 6.22. The molecule has 1 saturated heterocycles. The summed E-state index contributed by atoms with van der Waals surface area (Å²) in [5.41, 5.74) is 2.22. The summed E-state index contributed by atoms with van der Waals surface area (Å²) in [6.45, 7) is 2.78. The summed E-state index contributed by atoms with van der Waals surface area (Å²) >= 11 is 0. The van der Waals surface area contributed by atoms with Gasteiger partial charge in [0, 0.05) is 37.2 Å². The van der Waals surface area contributed by atoms with E-state index in [-0.39, 0.29) is 36.5 Å². The molecule has 0 bridgehead atoms. The molecule has 2 amide bonds. The molecule has 34 heavy (non-hydrogen) atoms. The zero-order valence-corrected chi connectivity index (χ0v) is 20.1. The number of hydrogen-bond donors (Lipinski definition) is 2. The number of carbonyl (C=O) groups excluding carboxylic acids is 2. The lowest BCUT2D eigenvalue weighted by Crippen LogP contribution is -2.37. The summed E-state index contributed by atoms with van der Waals surface area (Å²) < 4.78 is 10.8. The smallest absolute Gasteiger partial charge is 0.255 e. The number of amides is 2. The lowest BCUT2D eigenvalue weighted by Gasteiger charge is -2.23. The molecule has 2 N–H and O–H groups in total. The summed E-state index contributed by atoms with van der Waals surface area (Å²) in [4.78, 5) is 26.7. The molecule has 7 heteroatoms. The second-order valence-corrected chi connectivity index (χ2v) is 8.52. The Morgan fingerprint density at radius 2 is 1.85 bits per heavy atom. The van der Waals surface area contributed by atoms with Crippen molar-refractivity contribution in [3.05, 3.63) is 71.8 Å². The van der Waals surface area contributed by atoms with Crippen molar-refractivity contribution in [2.45, 2.75) is 38.3 Å². The molecular formula is C27H34N2O5. The van der Waals surface area contributed by atoms with Gasteiger partial charge in [0.2, 0.25) is 5.91 Å². The first-order valence-corrected chi connectivity index (χ1v) is 11.6. The minimum atomic E-state index is -0.193. The van der Waals surface area contributed by atoms with E-state index in [1.807, 2.05) is 43.3 Å². The van der Waals surface area contributed by atoms with Crippen molar-refractivity contribution in [1.82, 2.24) is 4.90 Å². The van der Waals surface area contributed by atoms with Crippen LogP contribution in [-0.2, 0) is 9.53 Å². The zero-order chi connectivity index (χ0) is 24.5. The second-order valence-electron chi connectivity index (χ2n) is 8.52. The highest BCUT2D eigenvalue weighted by Crippen LogP contribution is 2.28. The number of nitrogens with one attached hydrogen (secondary N) is 1. The van der Waals surface area contributed by atoms with Crippen LogP contribution in [0.4, 0.5) is 5.69 Å². The van der Waals surface area contributed by atoms with Crippen molar-refractivity contribution in [3.63, 3.8) is 0 Å². The van der Waals surface area contributed by atoms with Gasteiger partial charge in [0.15, 0.2) is 0 Å². The van der Waals surface area contributed by atoms with Gasteiger partial charge in [0.05, 0.1) is 25.9 Å². The summed E-state index contributed by atoms with van der Waals surface area (Å²) in [5, 5.41) is 12.3. The Labute approximate surface area is 201 Å². The number of anilines is 1. The van der Waals surface area contributed by atoms with Crippen LogP contribution in [0.1, 0.15) is 48.2 Å². The molecule has 0 spiro atoms. The first-order valence-electron chi connectivity index (χ1n) is 11.6. The van der Waals surface area contributed by atoms with E-state index in [2.05, 4.69) is 5.32 Å². The van der Waals surface area contributed by atoms with E-state index in [1.165, 1.54) is 0 Å². The lowest BCUT2D eigenvalue weighted by atomic mass is 9.96. The number of carbonyl (C=O) groups is 2. The Bertz CT molecular complexity index is 972. The number of benzene rings is 2. The molecule has 1 heterocycles. The maximum Gasteiger partial charge on any atom is 0.255 e. The Morgan fingerprint density at radius 1 is 1.15 bits per heavy atom. The SMILES string of the molecule is COc1ccc(C(=O)Nc2ccc([C@@H](OC)[C@H](C)/C=C/CC(=O)N3CCC[C@H]3CO)cc2)cc1. The van der Waals surface area contributed by atoms with Crippen LogP contribution < -0.4 is 10.1 Å². The van der Waals surface area contributed by atoms with Crippen LogP contribution in [0.25, 0.3) is 0 Å². The third-order valence-corrected chi connectivity index (χ3v) is 6.22. The molecule has 1 fully saturated rings. The Kier molecular flexibility index (Phi) is 9.24. The van der Waals surface area contributed by atoms with Crippen LogP contribution >= 0.6 is 0 Å². The standard InChI is InChI=1S/C27H34N2O5/c1-19(6-4-8-25(31)29-17-5-7-23(29)18-30)26(34-3)20-9-13-22(14-10-20)28-27(32)21-11-15-24(33-2)16-12-21/h4,6,9-16,19,23,26,30H,5,7-8,17-18H2,1-3H3,(H,28,32)/b6-4+/t19-,23+,26+/m1/s1. The van der Waals surface area contributed by atoms with Crippen molar-refractivity contribution < 1.29 is 24.2 Å². The molecule has 2 aromatic rings. The average Bonchev–Trinajstić information content (AvgIpc) is 3.34. The van der Waals surface area contributed by atoms with Crippen molar-refractivity contribution in [1.29, 1.82) is 0 Å². The summed E-state index contributed by atoms with van der Waals surface area (Å²) in [6.07, 6.45) is 5.82. The molecule has 182 valence electrons. The summed E-state index contributed by atoms with van der Waals surface area (Å²) in [6, 6.07) is 14.5. The molecule has 0 radical (unpaired) electrons. The van der Waals surface area contributed by atoms with Crippen molar-refractivity contribution in [2.24, 2.45) is 5.92 Å². The third kappa shape index (κ3) is 6.46. The number of methoxy groups -OCH3 is 2. The van der Waals surface area contributed by atoms with Crippen LogP contribution in [0.3, 0.4) is 0 Å². The van der Waals surface area contributed by atoms with Crippen LogP contribution in [0.5, 0.6) is 5.75 Å². The van der Waals surface area contributed by atoms with Gasteiger partial charge in [-0.25, -0.2) is 0 Å². The molecule has 0 aromatic heterocycles. The highest BCUT2D eigenvalue weighted by atomic mass is 16.5. The van der Waals surface area contributed by atoms with E-state index in [4.69, 9.17) is 9.47 Å². The van der Waals surface area contributed by atoms with Crippen LogP contribution in [0.2, 0.25) is 0 Å². The Hall–Kier alpha value is -3.16. The number of ether oxygens (including phenoxy) is 2. The van der Waals surface area contributed by atoms with Crippen molar-refractivity contribution in [2.75, 3.05) is 32.7 Å². The molecular weight excluding hydrogens is 432 g/mol. The van der Waals surface area contributed by atoms with Gasteiger partial charge in [-0.2, -0.15) is 0 Å². The van der Waals surface area contributed by atoms with Gasteiger partial charge in [0.25, 0.3) is 5.91 Å². The van der Waals surface area contributed by atoms with Gasteiger partial charge in [-0.3, -0.25) is 9.59 Å². The number of hydrogen-bond acceptors (Lipinski definition) is 5. The number of aliphatic hydroxyl groups is 1. The highest BCUT2D eigenvalue weighted by Gasteiger charge is 2.27. The van der Waals surface area contributed by atoms with Gasteiger partial charge in [-0.15, -0.1) is 0 Å². The normalized spacial score (nSPS) is 17.5. The van der Waals surface area contributed by atoms with E-state index >= 15 is 0 Å². The fourth-order valence-electron chi connectivity index (χ4n) is 4.31. The fraction of sp³-hybridized carbons (Fsp3) is 0.407. The fourth-order valence-corrected chi connectivity index (χ4v) is 4.31. The lowest BCUT2D eigenvalue weighted by molar-refractivity contribution is -0.131. The summed E-state index contributed by atoms with van der Waals surface area (Å²) in [7, 11) is 3.25. The largest absolute Gasteiger partial charge is 0.497 e. The van der Waals surface area contributed by atoms with Gasteiger partial charge in [-0.05, 0) is 54.8 Å². The predicted molar refractivity (Wildman–Crippen MR) is 132 cm³/mol. The van der Waals surface area contributed by atoms with E-state index in [9.17, 15) is 14.7 Å². The van der Waals surface area contributed by atoms with E-state index in [0.29, 0.717) is 23.4 Å². The quantitative estimate of drug-likeness (QED) is 0.513. The number of nitrogens with zero attached hydrogens (tertiary/aromatic N) is 1. The van der Waals surface area contributed by atoms with Crippen LogP contribution in [-0.4, -0.2) is 55.2 Å². The molecule has 2 aromatic carbocycles. The molecule has 0 aliphatic carbocycles. The number of likely N-dealkylation sites (tertiary alicyclic amines) is 1. The van der Waals surface area contributed by atoms with Crippen LogP contribution in [0, 0.1) is 5.92 Å². The van der Waals surface area contributed by atoms with Gasteiger partial charge >= 0.3 is 0 Å². The van der Waals surface area contributed by atoms with Gasteiger partial charge in [0.1, 0.15) is 5.75 Å². The Balaban J connectivity index is 1.56. The minimum absolute atomic E-state index is 0.0220. The van der Waals surface area contributed by atoms with Gasteiger partial charge < -0.3 is 24.8 Å². The van der Waals surface area contributed by atoms with E-state index < -0.39 is 0 Å². The number of rotatable bonds is 10. The molecule has 0 saturated carbocycles. The molecule has 1 aliphatic heterocycles. The highest BCUT2D eigenvalue weighted by molar-refractivity contribution is 6.04.